The first kappa shape index (κ1) is 22.4. The zero-order chi connectivity index (χ0) is 22.5. The Morgan fingerprint density at radius 2 is 2.00 bits per heavy atom. The number of nitrogens with one attached hydrogen (secondary N) is 1. The number of rotatable bonds is 6. The van der Waals surface area contributed by atoms with Crippen LogP contribution in [0.15, 0.2) is 36.4 Å². The van der Waals surface area contributed by atoms with Gasteiger partial charge in [-0.15, -0.1) is 0 Å². The number of benzene rings is 2. The lowest BCUT2D eigenvalue weighted by Crippen LogP contribution is -2.41. The average Bonchev–Trinajstić information content (AvgIpc) is 2.87. The molecule has 3 rings (SSSR count). The minimum Gasteiger partial charge on any atom is -0.493 e. The number of fused-ring (bicyclic) bond motifs is 1. The van der Waals surface area contributed by atoms with Gasteiger partial charge in [-0.1, -0.05) is 23.7 Å². The molecule has 1 aliphatic rings. The molecule has 0 aromatic heterocycles. The maximum atomic E-state index is 12.9. The highest BCUT2D eigenvalue weighted by Gasteiger charge is 2.30. The highest BCUT2D eigenvalue weighted by molar-refractivity contribution is 6.32. The number of amides is 2. The van der Waals surface area contributed by atoms with Crippen LogP contribution in [0.5, 0.6) is 11.5 Å². The number of anilines is 2. The number of esters is 1. The Kier molecular flexibility index (Phi) is 7.02. The highest BCUT2D eigenvalue weighted by Crippen LogP contribution is 2.36. The van der Waals surface area contributed by atoms with E-state index < -0.39 is 24.5 Å². The molecule has 31 heavy (non-hydrogen) atoms. The standard InChI is InChI=1S/C22H23ClN2O6/c1-4-30-21-15(23)10-14(11-18(21)29-3)22(28)31-12-20(27)25-13(2)9-19(26)24-16-7-5-6-8-17(16)25/h5-8,10-11,13H,4,9,12H2,1-3H3,(H,24,26). The summed E-state index contributed by atoms with van der Waals surface area (Å²) in [6.07, 6.45) is 0.125. The Balaban J connectivity index is 1.77. The molecule has 1 heterocycles. The SMILES string of the molecule is CCOc1c(Cl)cc(C(=O)OCC(=O)N2c3ccccc3NC(=O)CC2C)cc1OC. The number of ether oxygens (including phenoxy) is 3. The van der Waals surface area contributed by atoms with Crippen molar-refractivity contribution in [1.82, 2.24) is 0 Å². The summed E-state index contributed by atoms with van der Waals surface area (Å²) in [4.78, 5) is 39.0. The fraction of sp³-hybridized carbons (Fsp3) is 0.318. The van der Waals surface area contributed by atoms with E-state index in [2.05, 4.69) is 5.32 Å². The van der Waals surface area contributed by atoms with Crippen LogP contribution in [0.3, 0.4) is 0 Å². The molecule has 0 aliphatic carbocycles. The summed E-state index contributed by atoms with van der Waals surface area (Å²) in [6.45, 7) is 3.44. The fourth-order valence-electron chi connectivity index (χ4n) is 3.37. The topological polar surface area (TPSA) is 94.2 Å². The summed E-state index contributed by atoms with van der Waals surface area (Å²) in [5, 5.41) is 2.98. The zero-order valence-corrected chi connectivity index (χ0v) is 18.2. The van der Waals surface area contributed by atoms with Crippen molar-refractivity contribution in [3.63, 3.8) is 0 Å². The first-order chi connectivity index (χ1) is 14.8. The number of para-hydroxylation sites is 2. The lowest BCUT2D eigenvalue weighted by Gasteiger charge is -2.27. The molecule has 0 saturated carbocycles. The number of hydrogen-bond donors (Lipinski definition) is 1. The van der Waals surface area contributed by atoms with E-state index in [0.717, 1.165) is 0 Å². The van der Waals surface area contributed by atoms with Gasteiger partial charge in [0.1, 0.15) is 0 Å². The first-order valence-corrected chi connectivity index (χ1v) is 10.1. The summed E-state index contributed by atoms with van der Waals surface area (Å²) in [5.74, 6) is -0.766. The first-order valence-electron chi connectivity index (χ1n) is 9.74. The van der Waals surface area contributed by atoms with E-state index >= 15 is 0 Å². The molecule has 1 N–H and O–H groups in total. The third-order valence-electron chi connectivity index (χ3n) is 4.71. The molecular formula is C22H23ClN2O6. The molecule has 8 nitrogen and oxygen atoms in total. The number of carbonyl (C=O) groups is 3. The lowest BCUT2D eigenvalue weighted by molar-refractivity contribution is -0.122. The minimum absolute atomic E-state index is 0.124. The molecule has 0 saturated heterocycles. The molecular weight excluding hydrogens is 424 g/mol. The Bertz CT molecular complexity index is 1010. The molecule has 1 unspecified atom stereocenters. The predicted octanol–water partition coefficient (Wildman–Crippen LogP) is 3.67. The molecule has 2 aromatic rings. The van der Waals surface area contributed by atoms with Crippen LogP contribution in [0.4, 0.5) is 11.4 Å². The van der Waals surface area contributed by atoms with E-state index in [9.17, 15) is 14.4 Å². The van der Waals surface area contributed by atoms with Crippen molar-refractivity contribution in [1.29, 1.82) is 0 Å². The van der Waals surface area contributed by atoms with Crippen molar-refractivity contribution in [3.8, 4) is 11.5 Å². The lowest BCUT2D eigenvalue weighted by atomic mass is 10.1. The second-order valence-electron chi connectivity index (χ2n) is 6.88. The Morgan fingerprint density at radius 1 is 1.26 bits per heavy atom. The Morgan fingerprint density at radius 3 is 2.71 bits per heavy atom. The van der Waals surface area contributed by atoms with Crippen molar-refractivity contribution in [2.45, 2.75) is 26.3 Å². The van der Waals surface area contributed by atoms with Crippen molar-refractivity contribution < 1.29 is 28.6 Å². The largest absolute Gasteiger partial charge is 0.493 e. The van der Waals surface area contributed by atoms with Crippen LogP contribution in [-0.2, 0) is 14.3 Å². The van der Waals surface area contributed by atoms with E-state index in [1.807, 2.05) is 0 Å². The summed E-state index contributed by atoms with van der Waals surface area (Å²) in [7, 11) is 1.43. The molecule has 164 valence electrons. The number of nitrogens with zero attached hydrogens (tertiary/aromatic N) is 1. The Hall–Kier alpha value is -3.26. The molecule has 1 aliphatic heterocycles. The normalized spacial score (nSPS) is 15.4. The maximum absolute atomic E-state index is 12.9. The van der Waals surface area contributed by atoms with Crippen LogP contribution in [0.25, 0.3) is 0 Å². The number of halogens is 1. The molecule has 2 aromatic carbocycles. The summed E-state index contributed by atoms with van der Waals surface area (Å²) in [5.41, 5.74) is 1.20. The van der Waals surface area contributed by atoms with Crippen LogP contribution < -0.4 is 19.7 Å². The van der Waals surface area contributed by atoms with Crippen molar-refractivity contribution in [2.75, 3.05) is 30.5 Å². The second-order valence-corrected chi connectivity index (χ2v) is 7.29. The number of carbonyl (C=O) groups excluding carboxylic acids is 3. The van der Waals surface area contributed by atoms with Crippen LogP contribution in [-0.4, -0.2) is 44.1 Å². The van der Waals surface area contributed by atoms with E-state index in [-0.39, 0.29) is 28.7 Å². The van der Waals surface area contributed by atoms with E-state index in [4.69, 9.17) is 25.8 Å². The number of hydrogen-bond acceptors (Lipinski definition) is 6. The quantitative estimate of drug-likeness (QED) is 0.680. The van der Waals surface area contributed by atoms with Gasteiger partial charge in [0.15, 0.2) is 18.1 Å². The van der Waals surface area contributed by atoms with E-state index in [1.54, 1.807) is 38.1 Å². The van der Waals surface area contributed by atoms with Gasteiger partial charge in [-0.25, -0.2) is 4.79 Å². The van der Waals surface area contributed by atoms with Gasteiger partial charge >= 0.3 is 5.97 Å². The van der Waals surface area contributed by atoms with E-state index in [1.165, 1.54) is 24.1 Å². The third-order valence-corrected chi connectivity index (χ3v) is 4.99. The van der Waals surface area contributed by atoms with Crippen LogP contribution >= 0.6 is 11.6 Å². The van der Waals surface area contributed by atoms with Gasteiger partial charge < -0.3 is 24.4 Å². The minimum atomic E-state index is -0.735. The smallest absolute Gasteiger partial charge is 0.338 e. The van der Waals surface area contributed by atoms with Crippen molar-refractivity contribution >= 4 is 40.8 Å². The van der Waals surface area contributed by atoms with E-state index in [0.29, 0.717) is 23.7 Å². The highest BCUT2D eigenvalue weighted by atomic mass is 35.5. The van der Waals surface area contributed by atoms with Gasteiger partial charge in [0, 0.05) is 12.5 Å². The average molecular weight is 447 g/mol. The monoisotopic (exact) mass is 446 g/mol. The predicted molar refractivity (Wildman–Crippen MR) is 116 cm³/mol. The molecule has 2 amide bonds. The zero-order valence-electron chi connectivity index (χ0n) is 17.4. The van der Waals surface area contributed by atoms with Crippen LogP contribution in [0.1, 0.15) is 30.6 Å². The second kappa shape index (κ2) is 9.70. The molecule has 1 atom stereocenters. The van der Waals surface area contributed by atoms with Gasteiger partial charge in [-0.05, 0) is 38.1 Å². The van der Waals surface area contributed by atoms with Crippen LogP contribution in [0.2, 0.25) is 5.02 Å². The van der Waals surface area contributed by atoms with Gasteiger partial charge in [-0.3, -0.25) is 9.59 Å². The van der Waals surface area contributed by atoms with Gasteiger partial charge in [-0.2, -0.15) is 0 Å². The Labute approximate surface area is 185 Å². The van der Waals surface area contributed by atoms with Gasteiger partial charge in [0.05, 0.1) is 35.7 Å². The molecule has 9 heteroatoms. The van der Waals surface area contributed by atoms with Gasteiger partial charge in [0.2, 0.25) is 5.91 Å². The van der Waals surface area contributed by atoms with Crippen molar-refractivity contribution in [3.05, 3.63) is 47.0 Å². The van der Waals surface area contributed by atoms with Crippen LogP contribution in [0, 0.1) is 0 Å². The third kappa shape index (κ3) is 4.91. The maximum Gasteiger partial charge on any atom is 0.338 e. The molecule has 0 bridgehead atoms. The molecule has 0 radical (unpaired) electrons. The van der Waals surface area contributed by atoms with Crippen molar-refractivity contribution in [2.24, 2.45) is 0 Å². The molecule has 0 spiro atoms. The summed E-state index contributed by atoms with van der Waals surface area (Å²) >= 11 is 6.20. The summed E-state index contributed by atoms with van der Waals surface area (Å²) < 4.78 is 15.9. The molecule has 0 fully saturated rings. The van der Waals surface area contributed by atoms with Gasteiger partial charge in [0.25, 0.3) is 5.91 Å². The summed E-state index contributed by atoms with van der Waals surface area (Å²) in [6, 6.07) is 9.41. The fourth-order valence-corrected chi connectivity index (χ4v) is 3.64. The number of methoxy groups -OCH3 is 1.